The second kappa shape index (κ2) is 6.07. The van der Waals surface area contributed by atoms with Gasteiger partial charge in [0.15, 0.2) is 0 Å². The van der Waals surface area contributed by atoms with Crippen LogP contribution in [-0.2, 0) is 0 Å². The largest absolute Gasteiger partial charge is 0.378 e. The van der Waals surface area contributed by atoms with Crippen molar-refractivity contribution in [3.63, 3.8) is 0 Å². The molecule has 1 heteroatoms. The number of nitrogens with zero attached hydrogens (tertiary/aromatic N) is 1. The predicted molar refractivity (Wildman–Crippen MR) is 96.4 cm³/mol. The van der Waals surface area contributed by atoms with Crippen molar-refractivity contribution >= 4 is 5.69 Å². The highest BCUT2D eigenvalue weighted by atomic mass is 15.1. The van der Waals surface area contributed by atoms with Gasteiger partial charge >= 0.3 is 0 Å². The predicted octanol–water partition coefficient (Wildman–Crippen LogP) is 5.40. The summed E-state index contributed by atoms with van der Waals surface area (Å²) in [5.41, 5.74) is 7.54. The molecule has 0 bridgehead atoms. The molecule has 0 aromatic heterocycles. The average Bonchev–Trinajstić information content (AvgIpc) is 2.56. The van der Waals surface area contributed by atoms with Crippen molar-refractivity contribution in [2.75, 3.05) is 19.0 Å². The summed E-state index contributed by atoms with van der Waals surface area (Å²) >= 11 is 0. The van der Waals surface area contributed by atoms with Crippen molar-refractivity contribution in [3.8, 4) is 22.3 Å². The number of hydrogen-bond donors (Lipinski definition) is 0. The molecule has 3 aromatic rings. The van der Waals surface area contributed by atoms with Gasteiger partial charge < -0.3 is 4.90 Å². The minimum Gasteiger partial charge on any atom is -0.378 e. The molecular weight excluding hydrogens is 266 g/mol. The molecule has 3 rings (SSSR count). The quantitative estimate of drug-likeness (QED) is 0.624. The highest BCUT2D eigenvalue weighted by Gasteiger charge is 2.01. The molecule has 0 saturated carbocycles. The van der Waals surface area contributed by atoms with Crippen molar-refractivity contribution in [1.82, 2.24) is 0 Å². The minimum atomic E-state index is 1.22. The van der Waals surface area contributed by atoms with Crippen molar-refractivity contribution in [2.24, 2.45) is 0 Å². The molecule has 22 heavy (non-hydrogen) atoms. The van der Waals surface area contributed by atoms with Gasteiger partial charge in [-0.1, -0.05) is 66.2 Å². The first-order valence-electron chi connectivity index (χ1n) is 7.58. The summed E-state index contributed by atoms with van der Waals surface area (Å²) < 4.78 is 0. The molecule has 0 N–H and O–H groups in total. The van der Waals surface area contributed by atoms with Crippen LogP contribution in [0.25, 0.3) is 22.3 Å². The van der Waals surface area contributed by atoms with Crippen LogP contribution in [0, 0.1) is 6.92 Å². The summed E-state index contributed by atoms with van der Waals surface area (Å²) in [6.07, 6.45) is 0. The molecule has 0 spiro atoms. The van der Waals surface area contributed by atoms with E-state index in [1.54, 1.807) is 0 Å². The SMILES string of the molecule is Cc1ccc(-c2ccc(-c3ccc(N(C)C)cc3)cc2)cc1. The average molecular weight is 287 g/mol. The van der Waals surface area contributed by atoms with Crippen LogP contribution >= 0.6 is 0 Å². The second-order valence-corrected chi connectivity index (χ2v) is 5.88. The maximum absolute atomic E-state index is 2.19. The van der Waals surface area contributed by atoms with E-state index in [4.69, 9.17) is 0 Å². The van der Waals surface area contributed by atoms with Gasteiger partial charge in [-0.05, 0) is 41.3 Å². The van der Waals surface area contributed by atoms with Gasteiger partial charge in [-0.15, -0.1) is 0 Å². The van der Waals surface area contributed by atoms with Crippen LogP contribution in [0.5, 0.6) is 0 Å². The summed E-state index contributed by atoms with van der Waals surface area (Å²) in [4.78, 5) is 2.12. The molecule has 0 aliphatic rings. The molecule has 1 nitrogen and oxygen atoms in total. The maximum atomic E-state index is 2.19. The first-order valence-corrected chi connectivity index (χ1v) is 7.58. The van der Waals surface area contributed by atoms with Gasteiger partial charge in [0.05, 0.1) is 0 Å². The van der Waals surface area contributed by atoms with Crippen LogP contribution in [0.15, 0.2) is 72.8 Å². The maximum Gasteiger partial charge on any atom is 0.0361 e. The van der Waals surface area contributed by atoms with Crippen LogP contribution in [0.1, 0.15) is 5.56 Å². The Morgan fingerprint density at radius 2 is 0.818 bits per heavy atom. The lowest BCUT2D eigenvalue weighted by molar-refractivity contribution is 1.13. The zero-order valence-electron chi connectivity index (χ0n) is 13.4. The van der Waals surface area contributed by atoms with Crippen LogP contribution < -0.4 is 4.90 Å². The lowest BCUT2D eigenvalue weighted by Gasteiger charge is -2.13. The monoisotopic (exact) mass is 287 g/mol. The van der Waals surface area contributed by atoms with E-state index in [2.05, 4.69) is 98.7 Å². The van der Waals surface area contributed by atoms with Gasteiger partial charge in [-0.3, -0.25) is 0 Å². The third kappa shape index (κ3) is 3.04. The third-order valence-corrected chi connectivity index (χ3v) is 3.99. The molecule has 0 amide bonds. The molecule has 0 fully saturated rings. The van der Waals surface area contributed by atoms with Gasteiger partial charge in [-0.25, -0.2) is 0 Å². The summed E-state index contributed by atoms with van der Waals surface area (Å²) in [5.74, 6) is 0. The fraction of sp³-hybridized carbons (Fsp3) is 0.143. The van der Waals surface area contributed by atoms with Gasteiger partial charge in [-0.2, -0.15) is 0 Å². The molecule has 0 aliphatic heterocycles. The standard InChI is InChI=1S/C21H21N/c1-16-4-6-17(7-5-16)18-8-10-19(11-9-18)20-12-14-21(15-13-20)22(2)3/h4-15H,1-3H3. The normalized spacial score (nSPS) is 10.5. The lowest BCUT2D eigenvalue weighted by atomic mass is 9.99. The molecule has 0 heterocycles. The molecule has 0 atom stereocenters. The van der Waals surface area contributed by atoms with Crippen LogP contribution in [0.4, 0.5) is 5.69 Å². The molecule has 0 saturated heterocycles. The second-order valence-electron chi connectivity index (χ2n) is 5.88. The van der Waals surface area contributed by atoms with Crippen molar-refractivity contribution in [1.29, 1.82) is 0 Å². The van der Waals surface area contributed by atoms with Gasteiger partial charge in [0.25, 0.3) is 0 Å². The van der Waals surface area contributed by atoms with E-state index in [9.17, 15) is 0 Å². The number of aryl methyl sites for hydroxylation is 1. The lowest BCUT2D eigenvalue weighted by Crippen LogP contribution is -2.07. The van der Waals surface area contributed by atoms with Gasteiger partial charge in [0.1, 0.15) is 0 Å². The van der Waals surface area contributed by atoms with Crippen LogP contribution in [0.2, 0.25) is 0 Å². The van der Waals surface area contributed by atoms with E-state index < -0.39 is 0 Å². The van der Waals surface area contributed by atoms with Crippen LogP contribution in [0.3, 0.4) is 0 Å². The Labute approximate surface area is 132 Å². The van der Waals surface area contributed by atoms with Crippen molar-refractivity contribution in [3.05, 3.63) is 78.4 Å². The molecule has 110 valence electrons. The smallest absolute Gasteiger partial charge is 0.0361 e. The number of hydrogen-bond acceptors (Lipinski definition) is 1. The zero-order chi connectivity index (χ0) is 15.5. The van der Waals surface area contributed by atoms with Gasteiger partial charge in [0, 0.05) is 19.8 Å². The van der Waals surface area contributed by atoms with Crippen LogP contribution in [-0.4, -0.2) is 14.1 Å². The Balaban J connectivity index is 1.86. The molecule has 0 aliphatic carbocycles. The van der Waals surface area contributed by atoms with Crippen molar-refractivity contribution in [2.45, 2.75) is 6.92 Å². The molecule has 3 aromatic carbocycles. The fourth-order valence-corrected chi connectivity index (χ4v) is 2.55. The summed E-state index contributed by atoms with van der Waals surface area (Å²) in [6, 6.07) is 26.1. The Kier molecular flexibility index (Phi) is 3.97. The van der Waals surface area contributed by atoms with E-state index >= 15 is 0 Å². The number of rotatable bonds is 3. The molecular formula is C21H21N. The Morgan fingerprint density at radius 3 is 1.18 bits per heavy atom. The van der Waals surface area contributed by atoms with Gasteiger partial charge in [0.2, 0.25) is 0 Å². The third-order valence-electron chi connectivity index (χ3n) is 3.99. The zero-order valence-corrected chi connectivity index (χ0v) is 13.4. The molecule has 0 unspecified atom stereocenters. The van der Waals surface area contributed by atoms with E-state index in [-0.39, 0.29) is 0 Å². The number of benzene rings is 3. The fourth-order valence-electron chi connectivity index (χ4n) is 2.55. The highest BCUT2D eigenvalue weighted by Crippen LogP contribution is 2.26. The summed E-state index contributed by atoms with van der Waals surface area (Å²) in [7, 11) is 4.12. The minimum absolute atomic E-state index is 1.22. The van der Waals surface area contributed by atoms with Crippen molar-refractivity contribution < 1.29 is 0 Å². The summed E-state index contributed by atoms with van der Waals surface area (Å²) in [5, 5.41) is 0. The van der Waals surface area contributed by atoms with E-state index in [0.717, 1.165) is 0 Å². The molecule has 0 radical (unpaired) electrons. The number of anilines is 1. The van der Waals surface area contributed by atoms with E-state index in [1.807, 2.05) is 0 Å². The van der Waals surface area contributed by atoms with E-state index in [1.165, 1.54) is 33.5 Å². The first kappa shape index (κ1) is 14.4. The van der Waals surface area contributed by atoms with E-state index in [0.29, 0.717) is 0 Å². The Morgan fingerprint density at radius 1 is 0.500 bits per heavy atom. The topological polar surface area (TPSA) is 3.24 Å². The Hall–Kier alpha value is -2.54. The Bertz CT molecular complexity index is 735. The summed E-state index contributed by atoms with van der Waals surface area (Å²) in [6.45, 7) is 2.12. The first-order chi connectivity index (χ1) is 10.6. The highest BCUT2D eigenvalue weighted by molar-refractivity contribution is 5.71.